The highest BCUT2D eigenvalue weighted by Gasteiger charge is 2.50. The van der Waals surface area contributed by atoms with Gasteiger partial charge in [-0.3, -0.25) is 4.79 Å². The average Bonchev–Trinajstić information content (AvgIpc) is 3.29. The zero-order valence-electron chi connectivity index (χ0n) is 18.3. The normalized spacial score (nSPS) is 19.1. The molecule has 33 heavy (non-hydrogen) atoms. The largest absolute Gasteiger partial charge is 0.478 e. The average molecular weight is 490 g/mol. The topological polar surface area (TPSA) is 130 Å². The summed E-state index contributed by atoms with van der Waals surface area (Å²) in [6.07, 6.45) is 0.105. The SMILES string of the molecule is CCN1c2ccc(C(=O)O)cc2NC1(CC(C)(OC)C(N)=O)Nc1nc2ccc(Cl)cc2s1. The number of amides is 1. The number of primary amides is 1. The molecule has 9 nitrogen and oxygen atoms in total. The van der Waals surface area contributed by atoms with Crippen molar-refractivity contribution in [3.8, 4) is 0 Å². The molecule has 1 aliphatic heterocycles. The van der Waals surface area contributed by atoms with Gasteiger partial charge in [0.05, 0.1) is 27.2 Å². The second kappa shape index (κ2) is 8.36. The highest BCUT2D eigenvalue weighted by molar-refractivity contribution is 7.22. The summed E-state index contributed by atoms with van der Waals surface area (Å²) in [4.78, 5) is 30.6. The molecule has 0 saturated carbocycles. The maximum Gasteiger partial charge on any atom is 0.335 e. The summed E-state index contributed by atoms with van der Waals surface area (Å²) in [5.74, 6) is -2.73. The number of carboxylic acids is 1. The molecule has 2 atom stereocenters. The number of carboxylic acid groups (broad SMARTS) is 1. The van der Waals surface area contributed by atoms with E-state index in [1.807, 2.05) is 24.0 Å². The van der Waals surface area contributed by atoms with E-state index in [-0.39, 0.29) is 12.0 Å². The number of methoxy groups -OCH3 is 1. The van der Waals surface area contributed by atoms with Crippen LogP contribution < -0.4 is 21.3 Å². The van der Waals surface area contributed by atoms with Crippen LogP contribution >= 0.6 is 22.9 Å². The predicted molar refractivity (Wildman–Crippen MR) is 130 cm³/mol. The Morgan fingerprint density at radius 1 is 1.36 bits per heavy atom. The Morgan fingerprint density at radius 2 is 2.12 bits per heavy atom. The van der Waals surface area contributed by atoms with Crippen molar-refractivity contribution in [1.82, 2.24) is 4.98 Å². The smallest absolute Gasteiger partial charge is 0.335 e. The quantitative estimate of drug-likeness (QED) is 0.374. The summed E-state index contributed by atoms with van der Waals surface area (Å²) in [6.45, 7) is 4.12. The first kappa shape index (κ1) is 23.1. The third kappa shape index (κ3) is 4.05. The van der Waals surface area contributed by atoms with Crippen LogP contribution in [0.3, 0.4) is 0 Å². The molecule has 0 bridgehead atoms. The predicted octanol–water partition coefficient (Wildman–Crippen LogP) is 3.95. The van der Waals surface area contributed by atoms with E-state index >= 15 is 0 Å². The number of nitrogens with one attached hydrogen (secondary N) is 2. The number of carbonyl (C=O) groups is 2. The highest BCUT2D eigenvalue weighted by atomic mass is 35.5. The van der Waals surface area contributed by atoms with Crippen molar-refractivity contribution in [1.29, 1.82) is 0 Å². The Kier molecular flexibility index (Phi) is 5.85. The van der Waals surface area contributed by atoms with Crippen molar-refractivity contribution in [2.75, 3.05) is 29.2 Å². The van der Waals surface area contributed by atoms with E-state index in [2.05, 4.69) is 15.6 Å². The lowest BCUT2D eigenvalue weighted by atomic mass is 9.95. The zero-order chi connectivity index (χ0) is 24.0. The van der Waals surface area contributed by atoms with Gasteiger partial charge in [0.1, 0.15) is 5.60 Å². The number of aromatic nitrogens is 1. The number of hydrogen-bond acceptors (Lipinski definition) is 8. The van der Waals surface area contributed by atoms with Gasteiger partial charge < -0.3 is 31.1 Å². The van der Waals surface area contributed by atoms with Crippen molar-refractivity contribution >= 4 is 61.5 Å². The molecule has 3 aromatic rings. The van der Waals surface area contributed by atoms with Gasteiger partial charge in [0.25, 0.3) is 0 Å². The van der Waals surface area contributed by atoms with E-state index in [9.17, 15) is 14.7 Å². The molecule has 1 amide bonds. The molecule has 1 aromatic heterocycles. The number of thiazole rings is 1. The lowest BCUT2D eigenvalue weighted by Crippen LogP contribution is -2.63. The fourth-order valence-corrected chi connectivity index (χ4v) is 5.31. The van der Waals surface area contributed by atoms with Crippen LogP contribution in [0.1, 0.15) is 30.6 Å². The molecule has 2 aromatic carbocycles. The number of anilines is 3. The molecule has 0 spiro atoms. The molecule has 0 fully saturated rings. The first-order valence-electron chi connectivity index (χ1n) is 10.2. The van der Waals surface area contributed by atoms with Crippen molar-refractivity contribution in [2.24, 2.45) is 5.73 Å². The van der Waals surface area contributed by atoms with E-state index < -0.39 is 23.3 Å². The van der Waals surface area contributed by atoms with Gasteiger partial charge in [-0.1, -0.05) is 22.9 Å². The number of benzene rings is 2. The lowest BCUT2D eigenvalue weighted by molar-refractivity contribution is -0.139. The minimum absolute atomic E-state index is 0.105. The molecule has 0 aliphatic carbocycles. The number of halogens is 1. The first-order valence-corrected chi connectivity index (χ1v) is 11.4. The van der Waals surface area contributed by atoms with Crippen LogP contribution in [0.15, 0.2) is 36.4 Å². The van der Waals surface area contributed by atoms with Gasteiger partial charge in [-0.15, -0.1) is 0 Å². The third-order valence-corrected chi connectivity index (χ3v) is 7.05. The number of aromatic carboxylic acids is 1. The van der Waals surface area contributed by atoms with E-state index in [1.165, 1.54) is 18.4 Å². The molecule has 5 N–H and O–H groups in total. The Balaban J connectivity index is 1.83. The number of hydrogen-bond donors (Lipinski definition) is 4. The Morgan fingerprint density at radius 3 is 2.76 bits per heavy atom. The van der Waals surface area contributed by atoms with Crippen LogP contribution in [-0.2, 0) is 9.53 Å². The van der Waals surface area contributed by atoms with Crippen LogP contribution in [0, 0.1) is 0 Å². The van der Waals surface area contributed by atoms with Gasteiger partial charge in [0.15, 0.2) is 10.9 Å². The van der Waals surface area contributed by atoms with Gasteiger partial charge in [-0.25, -0.2) is 9.78 Å². The number of rotatable bonds is 8. The van der Waals surface area contributed by atoms with Gasteiger partial charge in [0.2, 0.25) is 5.91 Å². The van der Waals surface area contributed by atoms with Gasteiger partial charge >= 0.3 is 5.97 Å². The summed E-state index contributed by atoms with van der Waals surface area (Å²) in [5.41, 5.74) is 6.68. The first-order chi connectivity index (χ1) is 15.6. The Bertz CT molecular complexity index is 1250. The summed E-state index contributed by atoms with van der Waals surface area (Å²) in [5, 5.41) is 17.5. The molecule has 4 rings (SSSR count). The molecular weight excluding hydrogens is 466 g/mol. The molecule has 0 saturated heterocycles. The maximum absolute atomic E-state index is 12.3. The summed E-state index contributed by atoms with van der Waals surface area (Å²) in [6, 6.07) is 10.3. The summed E-state index contributed by atoms with van der Waals surface area (Å²) >= 11 is 7.55. The van der Waals surface area contributed by atoms with E-state index in [0.29, 0.717) is 22.4 Å². The number of nitrogens with two attached hydrogens (primary N) is 1. The van der Waals surface area contributed by atoms with E-state index in [0.717, 1.165) is 15.9 Å². The van der Waals surface area contributed by atoms with Crippen LogP contribution in [0.25, 0.3) is 10.2 Å². The molecular formula is C22H24ClN5O4S. The second-order valence-electron chi connectivity index (χ2n) is 8.00. The molecule has 174 valence electrons. The summed E-state index contributed by atoms with van der Waals surface area (Å²) < 4.78 is 6.44. The molecule has 2 unspecified atom stereocenters. The van der Waals surface area contributed by atoms with Crippen molar-refractivity contribution in [3.63, 3.8) is 0 Å². The van der Waals surface area contributed by atoms with Gasteiger partial charge in [-0.2, -0.15) is 0 Å². The minimum Gasteiger partial charge on any atom is -0.478 e. The van der Waals surface area contributed by atoms with Crippen LogP contribution in [0.4, 0.5) is 16.5 Å². The number of carbonyl (C=O) groups excluding carboxylic acids is 1. The molecule has 2 heterocycles. The van der Waals surface area contributed by atoms with Crippen molar-refractivity contribution in [3.05, 3.63) is 47.0 Å². The van der Waals surface area contributed by atoms with Crippen molar-refractivity contribution in [2.45, 2.75) is 31.7 Å². The minimum atomic E-state index is -1.33. The standard InChI is InChI=1S/C22H24ClN5O4S/c1-4-28-16-8-5-12(18(29)30)9-15(16)26-22(28,11-21(2,32-3)19(24)31)27-20-25-14-7-6-13(23)10-17(14)33-20/h5-10,26H,4,11H2,1-3H3,(H2,24,31)(H,25,27)(H,29,30). The second-order valence-corrected chi connectivity index (χ2v) is 9.47. The van der Waals surface area contributed by atoms with E-state index in [1.54, 1.807) is 31.2 Å². The van der Waals surface area contributed by atoms with Gasteiger partial charge in [-0.05, 0) is 50.2 Å². The number of ether oxygens (including phenoxy) is 1. The van der Waals surface area contributed by atoms with Crippen LogP contribution in [0.5, 0.6) is 0 Å². The fraction of sp³-hybridized carbons (Fsp3) is 0.318. The number of fused-ring (bicyclic) bond motifs is 2. The molecule has 0 radical (unpaired) electrons. The van der Waals surface area contributed by atoms with Crippen LogP contribution in [0.2, 0.25) is 5.02 Å². The van der Waals surface area contributed by atoms with Gasteiger partial charge in [0, 0.05) is 25.1 Å². The Hall–Kier alpha value is -3.08. The molecule has 11 heteroatoms. The van der Waals surface area contributed by atoms with E-state index in [4.69, 9.17) is 22.1 Å². The van der Waals surface area contributed by atoms with Crippen molar-refractivity contribution < 1.29 is 19.4 Å². The fourth-order valence-electron chi connectivity index (χ4n) is 4.10. The Labute approximate surface area is 199 Å². The zero-order valence-corrected chi connectivity index (χ0v) is 19.9. The lowest BCUT2D eigenvalue weighted by Gasteiger charge is -2.44. The summed E-state index contributed by atoms with van der Waals surface area (Å²) in [7, 11) is 1.43. The van der Waals surface area contributed by atoms with Crippen LogP contribution in [-0.4, -0.2) is 47.0 Å². The monoisotopic (exact) mass is 489 g/mol. The maximum atomic E-state index is 12.3. The number of nitrogens with zero attached hydrogens (tertiary/aromatic N) is 2. The third-order valence-electron chi connectivity index (χ3n) is 5.88. The highest BCUT2D eigenvalue weighted by Crippen LogP contribution is 2.45. The molecule has 1 aliphatic rings.